The Morgan fingerprint density at radius 3 is 2.50 bits per heavy atom. The van der Waals surface area contributed by atoms with Crippen LogP contribution in [-0.4, -0.2) is 30.6 Å². The minimum atomic E-state index is -0.234. The number of pyridine rings is 1. The van der Waals surface area contributed by atoms with Gasteiger partial charge in [0.05, 0.1) is 11.4 Å². The van der Waals surface area contributed by atoms with Crippen molar-refractivity contribution in [3.63, 3.8) is 0 Å². The van der Waals surface area contributed by atoms with Crippen molar-refractivity contribution in [2.75, 3.05) is 0 Å². The normalized spacial score (nSPS) is 10.7. The van der Waals surface area contributed by atoms with Gasteiger partial charge in [-0.1, -0.05) is 18.2 Å². The molecule has 4 aromatic rings. The lowest BCUT2D eigenvalue weighted by atomic mass is 10.2. The Bertz CT molecular complexity index is 1130. The predicted molar refractivity (Wildman–Crippen MR) is 113 cm³/mol. The van der Waals surface area contributed by atoms with Gasteiger partial charge in [0.1, 0.15) is 0 Å². The Labute approximate surface area is 174 Å². The highest BCUT2D eigenvalue weighted by Gasteiger charge is 2.06. The molecule has 0 aliphatic carbocycles. The molecule has 152 valence electrons. The number of rotatable bonds is 6. The Morgan fingerprint density at radius 2 is 1.83 bits per heavy atom. The Hall–Kier alpha value is -3.94. The zero-order chi connectivity index (χ0) is 20.9. The monoisotopic (exact) mass is 401 g/mol. The number of nitrogens with one attached hydrogen (secondary N) is 2. The summed E-state index contributed by atoms with van der Waals surface area (Å²) in [7, 11) is 0. The summed E-state index contributed by atoms with van der Waals surface area (Å²) in [6.45, 7) is 4.76. The molecule has 30 heavy (non-hydrogen) atoms. The molecule has 0 saturated carbocycles. The fourth-order valence-corrected chi connectivity index (χ4v) is 3.17. The molecule has 8 nitrogen and oxygen atoms in total. The minimum Gasteiger partial charge on any atom is -0.334 e. The molecule has 0 fully saturated rings. The average Bonchev–Trinajstić information content (AvgIpc) is 3.41. The molecule has 0 radical (unpaired) electrons. The summed E-state index contributed by atoms with van der Waals surface area (Å²) in [6, 6.07) is 15.4. The van der Waals surface area contributed by atoms with Crippen LogP contribution >= 0.6 is 0 Å². The zero-order valence-corrected chi connectivity index (χ0v) is 16.9. The van der Waals surface area contributed by atoms with Crippen LogP contribution in [-0.2, 0) is 13.1 Å². The fraction of sp³-hybridized carbons (Fsp3) is 0.182. The number of hydrogen-bond donors (Lipinski definition) is 2. The van der Waals surface area contributed by atoms with Gasteiger partial charge in [0.2, 0.25) is 0 Å². The summed E-state index contributed by atoms with van der Waals surface area (Å²) in [5, 5.41) is 14.4. The van der Waals surface area contributed by atoms with Crippen LogP contribution < -0.4 is 10.6 Å². The number of aromatic nitrogens is 5. The molecular formula is C22H23N7O. The van der Waals surface area contributed by atoms with Crippen LogP contribution in [0.5, 0.6) is 0 Å². The van der Waals surface area contributed by atoms with E-state index >= 15 is 0 Å². The molecule has 1 aromatic carbocycles. The van der Waals surface area contributed by atoms with E-state index in [1.54, 1.807) is 21.8 Å². The number of benzene rings is 1. The van der Waals surface area contributed by atoms with E-state index in [2.05, 4.69) is 25.8 Å². The van der Waals surface area contributed by atoms with Gasteiger partial charge in [-0.25, -0.2) is 19.1 Å². The summed E-state index contributed by atoms with van der Waals surface area (Å²) < 4.78 is 3.59. The first kappa shape index (κ1) is 19.4. The zero-order valence-electron chi connectivity index (χ0n) is 16.9. The molecule has 3 heterocycles. The van der Waals surface area contributed by atoms with Crippen LogP contribution in [0.15, 0.2) is 67.1 Å². The number of hydrogen-bond acceptors (Lipinski definition) is 4. The summed E-state index contributed by atoms with van der Waals surface area (Å²) in [4.78, 5) is 16.6. The molecule has 0 bridgehead atoms. The van der Waals surface area contributed by atoms with Gasteiger partial charge in [-0.2, -0.15) is 10.2 Å². The molecule has 0 aliphatic heterocycles. The van der Waals surface area contributed by atoms with E-state index in [0.29, 0.717) is 13.1 Å². The number of carbonyl (C=O) groups is 1. The molecule has 0 spiro atoms. The molecule has 4 rings (SSSR count). The van der Waals surface area contributed by atoms with Crippen LogP contribution in [0.3, 0.4) is 0 Å². The van der Waals surface area contributed by atoms with Crippen LogP contribution in [0.2, 0.25) is 0 Å². The van der Waals surface area contributed by atoms with E-state index in [0.717, 1.165) is 34.0 Å². The molecule has 0 aliphatic rings. The maximum absolute atomic E-state index is 12.2. The second-order valence-corrected chi connectivity index (χ2v) is 7.02. The van der Waals surface area contributed by atoms with Crippen molar-refractivity contribution in [1.29, 1.82) is 0 Å². The lowest BCUT2D eigenvalue weighted by molar-refractivity contribution is 0.240. The van der Waals surface area contributed by atoms with E-state index in [1.807, 2.05) is 68.6 Å². The maximum atomic E-state index is 12.2. The lowest BCUT2D eigenvalue weighted by Gasteiger charge is -2.10. The first-order valence-corrected chi connectivity index (χ1v) is 9.68. The number of carbonyl (C=O) groups excluding carboxylic acids is 1. The first-order valence-electron chi connectivity index (χ1n) is 9.68. The third-order valence-electron chi connectivity index (χ3n) is 4.62. The van der Waals surface area contributed by atoms with Gasteiger partial charge in [0.25, 0.3) is 0 Å². The fourth-order valence-electron chi connectivity index (χ4n) is 3.17. The Balaban J connectivity index is 1.29. The highest BCUT2D eigenvalue weighted by atomic mass is 16.2. The Morgan fingerprint density at radius 1 is 1.00 bits per heavy atom. The van der Waals surface area contributed by atoms with Crippen molar-refractivity contribution in [3.8, 4) is 11.5 Å². The van der Waals surface area contributed by atoms with Crippen molar-refractivity contribution >= 4 is 6.03 Å². The number of nitrogens with zero attached hydrogens (tertiary/aromatic N) is 5. The molecule has 0 saturated heterocycles. The van der Waals surface area contributed by atoms with Crippen molar-refractivity contribution in [2.45, 2.75) is 26.9 Å². The molecule has 0 unspecified atom stereocenters. The third-order valence-corrected chi connectivity index (χ3v) is 4.62. The highest BCUT2D eigenvalue weighted by Crippen LogP contribution is 2.11. The minimum absolute atomic E-state index is 0.234. The quantitative estimate of drug-likeness (QED) is 0.520. The van der Waals surface area contributed by atoms with Gasteiger partial charge in [-0.3, -0.25) is 0 Å². The Kier molecular flexibility index (Phi) is 5.56. The van der Waals surface area contributed by atoms with E-state index < -0.39 is 0 Å². The molecule has 2 N–H and O–H groups in total. The topological polar surface area (TPSA) is 89.7 Å². The number of aryl methyl sites for hydroxylation is 2. The molecular weight excluding hydrogens is 378 g/mol. The van der Waals surface area contributed by atoms with Crippen LogP contribution in [0.1, 0.15) is 22.5 Å². The second-order valence-electron chi connectivity index (χ2n) is 7.02. The van der Waals surface area contributed by atoms with E-state index in [9.17, 15) is 4.79 Å². The van der Waals surface area contributed by atoms with Crippen molar-refractivity contribution < 1.29 is 4.79 Å². The van der Waals surface area contributed by atoms with Gasteiger partial charge >= 0.3 is 6.03 Å². The summed E-state index contributed by atoms with van der Waals surface area (Å²) >= 11 is 0. The molecule has 8 heteroatoms. The van der Waals surface area contributed by atoms with Gasteiger partial charge in [-0.05, 0) is 55.3 Å². The summed E-state index contributed by atoms with van der Waals surface area (Å²) in [5.74, 6) is 0.755. The molecule has 2 amide bonds. The van der Waals surface area contributed by atoms with Gasteiger partial charge < -0.3 is 10.6 Å². The van der Waals surface area contributed by atoms with Crippen LogP contribution in [0, 0.1) is 13.8 Å². The van der Waals surface area contributed by atoms with Crippen molar-refractivity contribution in [3.05, 3.63) is 89.6 Å². The standard InChI is InChI=1S/C22H23N7O/c1-16-11-17(2)29(27-16)21-8-7-19(14-23-21)15-25-22(30)24-13-18-5-3-6-20(12-18)28-10-4-9-26-28/h3-12,14H,13,15H2,1-2H3,(H2,24,25,30). The highest BCUT2D eigenvalue weighted by molar-refractivity contribution is 5.73. The first-order chi connectivity index (χ1) is 14.6. The van der Waals surface area contributed by atoms with Crippen LogP contribution in [0.4, 0.5) is 4.79 Å². The average molecular weight is 401 g/mol. The van der Waals surface area contributed by atoms with Gasteiger partial charge in [0.15, 0.2) is 5.82 Å². The lowest BCUT2D eigenvalue weighted by Crippen LogP contribution is -2.34. The predicted octanol–water partition coefficient (Wildman–Crippen LogP) is 3.07. The van der Waals surface area contributed by atoms with E-state index in [-0.39, 0.29) is 6.03 Å². The maximum Gasteiger partial charge on any atom is 0.315 e. The van der Waals surface area contributed by atoms with E-state index in [1.165, 1.54) is 0 Å². The number of amides is 2. The van der Waals surface area contributed by atoms with Crippen molar-refractivity contribution in [1.82, 2.24) is 35.2 Å². The smallest absolute Gasteiger partial charge is 0.315 e. The largest absolute Gasteiger partial charge is 0.334 e. The van der Waals surface area contributed by atoms with Crippen LogP contribution in [0.25, 0.3) is 11.5 Å². The molecule has 0 atom stereocenters. The second kappa shape index (κ2) is 8.60. The van der Waals surface area contributed by atoms with E-state index in [4.69, 9.17) is 0 Å². The third kappa shape index (κ3) is 4.54. The van der Waals surface area contributed by atoms with Gasteiger partial charge in [-0.15, -0.1) is 0 Å². The van der Waals surface area contributed by atoms with Crippen molar-refractivity contribution in [2.24, 2.45) is 0 Å². The number of urea groups is 1. The molecule has 3 aromatic heterocycles. The van der Waals surface area contributed by atoms with Gasteiger partial charge in [0, 0.05) is 37.4 Å². The summed E-state index contributed by atoms with van der Waals surface area (Å²) in [5.41, 5.74) is 4.84. The SMILES string of the molecule is Cc1cc(C)n(-c2ccc(CNC(=O)NCc3cccc(-n4cccn4)c3)cn2)n1. The summed E-state index contributed by atoms with van der Waals surface area (Å²) in [6.07, 6.45) is 5.37.